The summed E-state index contributed by atoms with van der Waals surface area (Å²) in [7, 11) is 4.02. The van der Waals surface area contributed by atoms with Crippen LogP contribution in [0.4, 0.5) is 5.69 Å². The van der Waals surface area contributed by atoms with E-state index in [-0.39, 0.29) is 0 Å². The average molecular weight is 327 g/mol. The zero-order valence-electron chi connectivity index (χ0n) is 11.7. The van der Waals surface area contributed by atoms with Crippen LogP contribution < -0.4 is 10.2 Å². The monoisotopic (exact) mass is 326 g/mol. The van der Waals surface area contributed by atoms with Crippen molar-refractivity contribution in [3.63, 3.8) is 0 Å². The Hall–Kier alpha value is -0.580. The van der Waals surface area contributed by atoms with Crippen LogP contribution in [0.2, 0.25) is 0 Å². The van der Waals surface area contributed by atoms with Gasteiger partial charge in [0, 0.05) is 30.3 Å². The highest BCUT2D eigenvalue weighted by Gasteiger charge is 2.32. The molecule has 1 aliphatic rings. The summed E-state index contributed by atoms with van der Waals surface area (Å²) in [5.41, 5.74) is 1.94. The van der Waals surface area contributed by atoms with Crippen LogP contribution in [0.5, 0.6) is 0 Å². The van der Waals surface area contributed by atoms with E-state index in [0.29, 0.717) is 6.54 Å². The van der Waals surface area contributed by atoms with Crippen molar-refractivity contribution in [2.24, 2.45) is 0 Å². The van der Waals surface area contributed by atoms with E-state index in [1.807, 2.05) is 7.05 Å². The Morgan fingerprint density at radius 1 is 1.37 bits per heavy atom. The average Bonchev–Trinajstić information content (AvgIpc) is 2.78. The van der Waals surface area contributed by atoms with Gasteiger partial charge in [-0.25, -0.2) is 0 Å². The summed E-state index contributed by atoms with van der Waals surface area (Å²) < 4.78 is 1.08. The second-order valence-electron chi connectivity index (χ2n) is 5.59. The first-order valence-corrected chi connectivity index (χ1v) is 7.70. The van der Waals surface area contributed by atoms with Gasteiger partial charge in [0.25, 0.3) is 0 Å². The highest BCUT2D eigenvalue weighted by atomic mass is 79.9. The molecule has 0 heterocycles. The quantitative estimate of drug-likeness (QED) is 0.873. The number of halogens is 1. The third-order valence-electron chi connectivity index (χ3n) is 3.89. The standard InChI is InChI=1S/C15H23BrN2O/c1-17-10-12-5-6-13(16)9-14(12)18(2)11-15(19)7-3-4-8-15/h5-6,9,17,19H,3-4,7-8,10-11H2,1-2H3. The lowest BCUT2D eigenvalue weighted by atomic mass is 10.0. The SMILES string of the molecule is CNCc1ccc(Br)cc1N(C)CC1(O)CCCC1. The molecular formula is C15H23BrN2O. The summed E-state index contributed by atoms with van der Waals surface area (Å²) in [5.74, 6) is 0. The van der Waals surface area contributed by atoms with Gasteiger partial charge >= 0.3 is 0 Å². The van der Waals surface area contributed by atoms with Crippen molar-refractivity contribution in [2.75, 3.05) is 25.5 Å². The van der Waals surface area contributed by atoms with E-state index >= 15 is 0 Å². The maximum absolute atomic E-state index is 10.5. The van der Waals surface area contributed by atoms with Crippen molar-refractivity contribution < 1.29 is 5.11 Å². The number of hydrogen-bond donors (Lipinski definition) is 2. The van der Waals surface area contributed by atoms with Gasteiger partial charge < -0.3 is 15.3 Å². The van der Waals surface area contributed by atoms with Crippen LogP contribution in [0.15, 0.2) is 22.7 Å². The third-order valence-corrected chi connectivity index (χ3v) is 4.38. The van der Waals surface area contributed by atoms with Crippen molar-refractivity contribution >= 4 is 21.6 Å². The molecule has 4 heteroatoms. The molecule has 2 N–H and O–H groups in total. The van der Waals surface area contributed by atoms with E-state index in [1.54, 1.807) is 0 Å². The Morgan fingerprint density at radius 3 is 2.68 bits per heavy atom. The number of nitrogens with one attached hydrogen (secondary N) is 1. The van der Waals surface area contributed by atoms with Gasteiger partial charge in [-0.05, 0) is 37.6 Å². The molecule has 0 bridgehead atoms. The second kappa shape index (κ2) is 6.25. The number of benzene rings is 1. The second-order valence-corrected chi connectivity index (χ2v) is 6.51. The summed E-state index contributed by atoms with van der Waals surface area (Å²) in [4.78, 5) is 2.18. The normalized spacial score (nSPS) is 17.7. The molecule has 106 valence electrons. The molecule has 0 spiro atoms. The fraction of sp³-hybridized carbons (Fsp3) is 0.600. The lowest BCUT2D eigenvalue weighted by molar-refractivity contribution is 0.0559. The molecule has 0 unspecified atom stereocenters. The van der Waals surface area contributed by atoms with Crippen LogP contribution in [-0.2, 0) is 6.54 Å². The fourth-order valence-corrected chi connectivity index (χ4v) is 3.30. The molecule has 0 atom stereocenters. The number of aliphatic hydroxyl groups is 1. The molecule has 19 heavy (non-hydrogen) atoms. The zero-order chi connectivity index (χ0) is 13.9. The van der Waals surface area contributed by atoms with Gasteiger partial charge in [-0.1, -0.05) is 34.8 Å². The van der Waals surface area contributed by atoms with E-state index in [4.69, 9.17) is 0 Å². The molecule has 1 aromatic rings. The van der Waals surface area contributed by atoms with E-state index in [9.17, 15) is 5.11 Å². The number of anilines is 1. The van der Waals surface area contributed by atoms with Gasteiger partial charge in [0.1, 0.15) is 0 Å². The van der Waals surface area contributed by atoms with Crippen molar-refractivity contribution in [1.29, 1.82) is 0 Å². The Bertz CT molecular complexity index is 430. The first-order valence-electron chi connectivity index (χ1n) is 6.91. The van der Waals surface area contributed by atoms with Gasteiger partial charge in [-0.15, -0.1) is 0 Å². The molecule has 3 nitrogen and oxygen atoms in total. The van der Waals surface area contributed by atoms with Crippen LogP contribution in [0, 0.1) is 0 Å². The van der Waals surface area contributed by atoms with Gasteiger partial charge in [0.15, 0.2) is 0 Å². The highest BCUT2D eigenvalue weighted by Crippen LogP contribution is 2.32. The molecule has 0 radical (unpaired) electrons. The fourth-order valence-electron chi connectivity index (χ4n) is 2.95. The van der Waals surface area contributed by atoms with E-state index in [2.05, 4.69) is 51.4 Å². The van der Waals surface area contributed by atoms with Gasteiger partial charge in [-0.3, -0.25) is 0 Å². The first-order chi connectivity index (χ1) is 9.04. The summed E-state index contributed by atoms with van der Waals surface area (Å²) in [6.07, 6.45) is 4.14. The summed E-state index contributed by atoms with van der Waals surface area (Å²) >= 11 is 3.53. The molecule has 1 fully saturated rings. The maximum atomic E-state index is 10.5. The van der Waals surface area contributed by atoms with Gasteiger partial charge in [-0.2, -0.15) is 0 Å². The topological polar surface area (TPSA) is 35.5 Å². The Kier molecular flexibility index (Phi) is 4.87. The molecule has 0 saturated heterocycles. The molecule has 0 amide bonds. The molecule has 0 aromatic heterocycles. The van der Waals surface area contributed by atoms with Crippen molar-refractivity contribution in [3.8, 4) is 0 Å². The predicted molar refractivity (Wildman–Crippen MR) is 83.6 cm³/mol. The van der Waals surface area contributed by atoms with Crippen LogP contribution >= 0.6 is 15.9 Å². The summed E-state index contributed by atoms with van der Waals surface area (Å²) in [6.45, 7) is 1.55. The van der Waals surface area contributed by atoms with Crippen molar-refractivity contribution in [2.45, 2.75) is 37.8 Å². The van der Waals surface area contributed by atoms with Crippen LogP contribution in [0.3, 0.4) is 0 Å². The third kappa shape index (κ3) is 3.71. The maximum Gasteiger partial charge on any atom is 0.0821 e. The predicted octanol–water partition coefficient (Wildman–Crippen LogP) is 2.91. The smallest absolute Gasteiger partial charge is 0.0821 e. The van der Waals surface area contributed by atoms with Crippen LogP contribution in [0.1, 0.15) is 31.2 Å². The molecule has 2 rings (SSSR count). The Morgan fingerprint density at radius 2 is 2.05 bits per heavy atom. The molecule has 1 aliphatic carbocycles. The van der Waals surface area contributed by atoms with Crippen molar-refractivity contribution in [1.82, 2.24) is 5.32 Å². The molecule has 1 saturated carbocycles. The highest BCUT2D eigenvalue weighted by molar-refractivity contribution is 9.10. The first kappa shape index (κ1) is 14.8. The molecule has 1 aromatic carbocycles. The minimum atomic E-state index is -0.506. The summed E-state index contributed by atoms with van der Waals surface area (Å²) in [6, 6.07) is 6.32. The van der Waals surface area contributed by atoms with E-state index < -0.39 is 5.60 Å². The lowest BCUT2D eigenvalue weighted by Crippen LogP contribution is -2.39. The van der Waals surface area contributed by atoms with Crippen LogP contribution in [0.25, 0.3) is 0 Å². The zero-order valence-corrected chi connectivity index (χ0v) is 13.3. The van der Waals surface area contributed by atoms with E-state index in [0.717, 1.165) is 36.7 Å². The van der Waals surface area contributed by atoms with E-state index in [1.165, 1.54) is 11.3 Å². The lowest BCUT2D eigenvalue weighted by Gasteiger charge is -2.31. The van der Waals surface area contributed by atoms with Gasteiger partial charge in [0.05, 0.1) is 5.60 Å². The van der Waals surface area contributed by atoms with Crippen molar-refractivity contribution in [3.05, 3.63) is 28.2 Å². The minimum Gasteiger partial charge on any atom is -0.388 e. The largest absolute Gasteiger partial charge is 0.388 e. The molecular weight excluding hydrogens is 304 g/mol. The Labute approximate surface area is 124 Å². The summed E-state index contributed by atoms with van der Waals surface area (Å²) in [5, 5.41) is 13.7. The number of rotatable bonds is 5. The Balaban J connectivity index is 2.17. The minimum absolute atomic E-state index is 0.506. The number of likely N-dealkylation sites (N-methyl/N-ethyl adjacent to an activating group) is 1. The molecule has 0 aliphatic heterocycles. The number of nitrogens with zero attached hydrogens (tertiary/aromatic N) is 1. The van der Waals surface area contributed by atoms with Gasteiger partial charge in [0.2, 0.25) is 0 Å². The number of hydrogen-bond acceptors (Lipinski definition) is 3. The van der Waals surface area contributed by atoms with Crippen LogP contribution in [-0.4, -0.2) is 31.3 Å².